The molecule has 0 saturated carbocycles. The van der Waals surface area contributed by atoms with Crippen molar-refractivity contribution in [2.75, 3.05) is 5.32 Å². The summed E-state index contributed by atoms with van der Waals surface area (Å²) in [6.45, 7) is 1.36. The lowest BCUT2D eigenvalue weighted by atomic mass is 10.2. The van der Waals surface area contributed by atoms with E-state index in [1.54, 1.807) is 0 Å². The third kappa shape index (κ3) is 4.76. The van der Waals surface area contributed by atoms with Crippen LogP contribution in [0.4, 0.5) is 18.9 Å². The van der Waals surface area contributed by atoms with E-state index in [9.17, 15) is 22.8 Å². The van der Waals surface area contributed by atoms with Gasteiger partial charge in [-0.2, -0.15) is 13.2 Å². The van der Waals surface area contributed by atoms with Gasteiger partial charge in [0.2, 0.25) is 0 Å². The number of amides is 1. The minimum Gasteiger partial charge on any atom is -0.448 e. The molecule has 3 rings (SSSR count). The summed E-state index contributed by atoms with van der Waals surface area (Å²) in [5, 5.41) is 6.51. The summed E-state index contributed by atoms with van der Waals surface area (Å²) in [4.78, 5) is 29.4. The number of anilines is 1. The molecule has 1 aromatic carbocycles. The minimum absolute atomic E-state index is 0.0857. The molecule has 2 aromatic heterocycles. The van der Waals surface area contributed by atoms with Gasteiger partial charge in [0.25, 0.3) is 5.91 Å². The molecule has 10 heteroatoms. The average Bonchev–Trinajstić information content (AvgIpc) is 3.32. The number of hydrogen-bond donors (Lipinski definition) is 1. The number of ether oxygens (including phenoxy) is 1. The van der Waals surface area contributed by atoms with Crippen LogP contribution in [-0.4, -0.2) is 23.0 Å². The van der Waals surface area contributed by atoms with Crippen LogP contribution >= 0.6 is 22.7 Å². The molecule has 0 spiro atoms. The Morgan fingerprint density at radius 2 is 1.86 bits per heavy atom. The maximum absolute atomic E-state index is 12.6. The van der Waals surface area contributed by atoms with Crippen molar-refractivity contribution in [3.63, 3.8) is 0 Å². The van der Waals surface area contributed by atoms with Gasteiger partial charge in [-0.3, -0.25) is 4.79 Å². The van der Waals surface area contributed by atoms with Gasteiger partial charge in [0.05, 0.1) is 10.4 Å². The number of halogens is 3. The Labute approximate surface area is 165 Å². The number of nitrogens with zero attached hydrogens (tertiary/aromatic N) is 1. The van der Waals surface area contributed by atoms with E-state index in [0.29, 0.717) is 5.01 Å². The van der Waals surface area contributed by atoms with Gasteiger partial charge in [-0.1, -0.05) is 6.07 Å². The molecule has 0 saturated heterocycles. The van der Waals surface area contributed by atoms with Gasteiger partial charge in [0.1, 0.15) is 5.01 Å². The van der Waals surface area contributed by atoms with Crippen molar-refractivity contribution in [2.45, 2.75) is 19.2 Å². The number of esters is 1. The third-order valence-corrected chi connectivity index (χ3v) is 5.46. The number of thiazole rings is 1. The van der Waals surface area contributed by atoms with Gasteiger partial charge in [0, 0.05) is 11.1 Å². The molecule has 5 nitrogen and oxygen atoms in total. The fourth-order valence-corrected chi connectivity index (χ4v) is 3.75. The maximum Gasteiger partial charge on any atom is 0.416 e. The Hall–Kier alpha value is -2.72. The zero-order chi connectivity index (χ0) is 20.3. The fraction of sp³-hybridized carbons (Fsp3) is 0.167. The predicted octanol–water partition coefficient (Wildman–Crippen LogP) is 5.07. The first-order valence-corrected chi connectivity index (χ1v) is 9.68. The highest BCUT2D eigenvalue weighted by molar-refractivity contribution is 7.20. The molecule has 146 valence electrons. The van der Waals surface area contributed by atoms with Gasteiger partial charge in [-0.15, -0.1) is 22.7 Å². The van der Waals surface area contributed by atoms with E-state index in [-0.39, 0.29) is 11.4 Å². The molecule has 28 heavy (non-hydrogen) atoms. The predicted molar refractivity (Wildman–Crippen MR) is 100 cm³/mol. The Morgan fingerprint density at radius 3 is 2.46 bits per heavy atom. The minimum atomic E-state index is -4.46. The first kappa shape index (κ1) is 20.0. The van der Waals surface area contributed by atoms with E-state index in [2.05, 4.69) is 10.3 Å². The number of rotatable bonds is 5. The van der Waals surface area contributed by atoms with Crippen LogP contribution in [0.2, 0.25) is 0 Å². The van der Waals surface area contributed by atoms with Gasteiger partial charge < -0.3 is 10.1 Å². The van der Waals surface area contributed by atoms with Gasteiger partial charge in [0.15, 0.2) is 11.8 Å². The molecule has 0 radical (unpaired) electrons. The number of alkyl halides is 3. The molecule has 0 aliphatic carbocycles. The van der Waals surface area contributed by atoms with Crippen LogP contribution in [0, 0.1) is 0 Å². The normalized spacial score (nSPS) is 12.4. The summed E-state index contributed by atoms with van der Waals surface area (Å²) in [7, 11) is 0. The number of benzene rings is 1. The molecule has 1 unspecified atom stereocenters. The van der Waals surface area contributed by atoms with E-state index >= 15 is 0 Å². The first-order valence-electron chi connectivity index (χ1n) is 7.92. The van der Waals surface area contributed by atoms with Crippen LogP contribution in [0.25, 0.3) is 9.88 Å². The zero-order valence-electron chi connectivity index (χ0n) is 14.3. The molecule has 1 N–H and O–H groups in total. The molecule has 0 aliphatic heterocycles. The molecule has 1 amide bonds. The lowest BCUT2D eigenvalue weighted by Crippen LogP contribution is -2.30. The molecule has 0 aliphatic rings. The molecular formula is C18H13F3N2O3S2. The van der Waals surface area contributed by atoms with E-state index in [1.807, 2.05) is 17.5 Å². The van der Waals surface area contributed by atoms with Crippen LogP contribution in [0.3, 0.4) is 0 Å². The van der Waals surface area contributed by atoms with Crippen molar-refractivity contribution in [3.8, 4) is 9.88 Å². The van der Waals surface area contributed by atoms with E-state index in [0.717, 1.165) is 29.1 Å². The van der Waals surface area contributed by atoms with E-state index < -0.39 is 29.7 Å². The lowest BCUT2D eigenvalue weighted by Gasteiger charge is -2.13. The third-order valence-electron chi connectivity index (χ3n) is 3.58. The SMILES string of the molecule is CC(OC(=O)c1csc(-c2cccs2)n1)C(=O)Nc1ccc(C(F)(F)F)cc1. The Kier molecular flexibility index (Phi) is 5.80. The van der Waals surface area contributed by atoms with Crippen molar-refractivity contribution in [1.82, 2.24) is 4.98 Å². The van der Waals surface area contributed by atoms with Crippen LogP contribution in [-0.2, 0) is 15.7 Å². The number of thiophene rings is 1. The summed E-state index contributed by atoms with van der Waals surface area (Å²) in [5.74, 6) is -1.42. The van der Waals surface area contributed by atoms with Crippen LogP contribution in [0.15, 0.2) is 47.2 Å². The van der Waals surface area contributed by atoms with Crippen LogP contribution in [0.1, 0.15) is 23.0 Å². The Morgan fingerprint density at radius 1 is 1.14 bits per heavy atom. The Balaban J connectivity index is 1.58. The van der Waals surface area contributed by atoms with Crippen molar-refractivity contribution >= 4 is 40.2 Å². The molecule has 2 heterocycles. The number of nitrogens with one attached hydrogen (secondary N) is 1. The topological polar surface area (TPSA) is 68.3 Å². The second kappa shape index (κ2) is 8.11. The second-order valence-corrected chi connectivity index (χ2v) is 7.43. The smallest absolute Gasteiger partial charge is 0.416 e. The van der Waals surface area contributed by atoms with Gasteiger partial charge in [-0.05, 0) is 42.6 Å². The highest BCUT2D eigenvalue weighted by Gasteiger charge is 2.30. The standard InChI is InChI=1S/C18H13F3N2O3S2/c1-10(15(24)22-12-6-4-11(5-7-12)18(19,20)21)26-17(25)13-9-28-16(23-13)14-3-2-8-27-14/h2-10H,1H3,(H,22,24). The molecular weight excluding hydrogens is 413 g/mol. The summed E-state index contributed by atoms with van der Waals surface area (Å²) < 4.78 is 42.8. The average molecular weight is 426 g/mol. The summed E-state index contributed by atoms with van der Waals surface area (Å²) in [6.07, 6.45) is -5.61. The summed E-state index contributed by atoms with van der Waals surface area (Å²) >= 11 is 2.77. The summed E-state index contributed by atoms with van der Waals surface area (Å²) in [6, 6.07) is 7.71. The number of carbonyl (C=O) groups excluding carboxylic acids is 2. The zero-order valence-corrected chi connectivity index (χ0v) is 16.0. The molecule has 0 fully saturated rings. The monoisotopic (exact) mass is 426 g/mol. The van der Waals surface area contributed by atoms with Crippen molar-refractivity contribution < 1.29 is 27.5 Å². The number of aromatic nitrogens is 1. The lowest BCUT2D eigenvalue weighted by molar-refractivity contribution is -0.137. The molecule has 0 bridgehead atoms. The van der Waals surface area contributed by atoms with Gasteiger partial charge >= 0.3 is 12.1 Å². The fourth-order valence-electron chi connectivity index (χ4n) is 2.14. The highest BCUT2D eigenvalue weighted by atomic mass is 32.1. The molecule has 3 aromatic rings. The van der Waals surface area contributed by atoms with Crippen LogP contribution in [0.5, 0.6) is 0 Å². The van der Waals surface area contributed by atoms with Crippen molar-refractivity contribution in [1.29, 1.82) is 0 Å². The maximum atomic E-state index is 12.6. The van der Waals surface area contributed by atoms with Crippen molar-refractivity contribution in [2.24, 2.45) is 0 Å². The van der Waals surface area contributed by atoms with E-state index in [4.69, 9.17) is 4.74 Å². The largest absolute Gasteiger partial charge is 0.448 e. The quantitative estimate of drug-likeness (QED) is 0.578. The first-order chi connectivity index (χ1) is 13.2. The van der Waals surface area contributed by atoms with Crippen LogP contribution < -0.4 is 5.32 Å². The number of hydrogen-bond acceptors (Lipinski definition) is 6. The number of carbonyl (C=O) groups is 2. The second-order valence-electron chi connectivity index (χ2n) is 5.63. The van der Waals surface area contributed by atoms with E-state index in [1.165, 1.54) is 35.0 Å². The molecule has 1 atom stereocenters. The summed E-state index contributed by atoms with van der Waals surface area (Å²) in [5.41, 5.74) is -0.577. The highest BCUT2D eigenvalue weighted by Crippen LogP contribution is 2.30. The Bertz CT molecular complexity index is 967. The van der Waals surface area contributed by atoms with Crippen molar-refractivity contribution in [3.05, 3.63) is 58.4 Å². The van der Waals surface area contributed by atoms with Gasteiger partial charge in [-0.25, -0.2) is 9.78 Å².